The average molecular weight is 427 g/mol. The van der Waals surface area contributed by atoms with Gasteiger partial charge in [-0.2, -0.15) is 0 Å². The third kappa shape index (κ3) is 3.63. The van der Waals surface area contributed by atoms with Gasteiger partial charge in [0.2, 0.25) is 5.91 Å². The summed E-state index contributed by atoms with van der Waals surface area (Å²) >= 11 is 6.24. The molecule has 1 aromatic carbocycles. The first-order valence-corrected chi connectivity index (χ1v) is 10.6. The van der Waals surface area contributed by atoms with Crippen LogP contribution in [0.1, 0.15) is 17.9 Å². The number of rotatable bonds is 2. The largest absolute Gasteiger partial charge is 0.366 e. The maximum Gasteiger partial charge on any atom is 0.320 e. The Labute approximate surface area is 180 Å². The molecule has 30 heavy (non-hydrogen) atoms. The van der Waals surface area contributed by atoms with Gasteiger partial charge in [0.1, 0.15) is 6.61 Å². The third-order valence-corrected chi connectivity index (χ3v) is 6.47. The van der Waals surface area contributed by atoms with E-state index in [-0.39, 0.29) is 30.7 Å². The highest BCUT2D eigenvalue weighted by atomic mass is 35.5. The summed E-state index contributed by atoms with van der Waals surface area (Å²) in [5.74, 6) is 0.225. The van der Waals surface area contributed by atoms with Crippen molar-refractivity contribution in [1.82, 2.24) is 20.1 Å². The molecule has 4 heterocycles. The molecule has 8 heteroatoms. The highest BCUT2D eigenvalue weighted by Crippen LogP contribution is 2.31. The average Bonchev–Trinajstić information content (AvgIpc) is 2.73. The van der Waals surface area contributed by atoms with Crippen LogP contribution < -0.4 is 5.32 Å². The normalized spacial score (nSPS) is 24.1. The number of hydrogen-bond acceptors (Lipinski definition) is 4. The quantitative estimate of drug-likeness (QED) is 0.800. The molecule has 0 spiro atoms. The van der Waals surface area contributed by atoms with Crippen molar-refractivity contribution in [2.24, 2.45) is 0 Å². The maximum absolute atomic E-state index is 12.9. The third-order valence-electron chi connectivity index (χ3n) is 6.16. The summed E-state index contributed by atoms with van der Waals surface area (Å²) in [6.45, 7) is 2.70. The number of halogens is 1. The van der Waals surface area contributed by atoms with Crippen LogP contribution in [0.3, 0.4) is 0 Å². The Kier molecular flexibility index (Phi) is 5.08. The first-order valence-electron chi connectivity index (χ1n) is 10.2. The van der Waals surface area contributed by atoms with Gasteiger partial charge in [-0.15, -0.1) is 0 Å². The second-order valence-corrected chi connectivity index (χ2v) is 8.51. The van der Waals surface area contributed by atoms with Crippen LogP contribution in [0.4, 0.5) is 4.79 Å². The lowest BCUT2D eigenvalue weighted by molar-refractivity contribution is -0.139. The standard InChI is InChI=1S/C22H23ClN4O3/c23-17-2-1-8-24-21(17)15-5-3-14(4-6-15)16-10-27(11-16)22(29)26-9-7-19-18(12-26)25-20(28)13-30-19/h1-6,8,16,18-19H,7,9-13H2,(H,25,28)/t18?,19-/m0/s1. The minimum Gasteiger partial charge on any atom is -0.366 e. The molecule has 0 saturated carbocycles. The zero-order valence-corrected chi connectivity index (χ0v) is 17.2. The van der Waals surface area contributed by atoms with Crippen LogP contribution in [0.2, 0.25) is 5.02 Å². The zero-order valence-electron chi connectivity index (χ0n) is 16.5. The molecule has 5 rings (SSSR count). The number of aromatic nitrogens is 1. The van der Waals surface area contributed by atoms with Crippen molar-refractivity contribution in [2.45, 2.75) is 24.5 Å². The second-order valence-electron chi connectivity index (χ2n) is 8.10. The molecule has 2 aromatic rings. The van der Waals surface area contributed by atoms with E-state index < -0.39 is 0 Å². The smallest absolute Gasteiger partial charge is 0.320 e. The van der Waals surface area contributed by atoms with E-state index >= 15 is 0 Å². The number of amides is 3. The van der Waals surface area contributed by atoms with E-state index in [0.717, 1.165) is 17.7 Å². The molecule has 3 saturated heterocycles. The van der Waals surface area contributed by atoms with Crippen LogP contribution in [0.15, 0.2) is 42.6 Å². The molecule has 3 aliphatic heterocycles. The van der Waals surface area contributed by atoms with Crippen molar-refractivity contribution in [3.63, 3.8) is 0 Å². The molecule has 0 radical (unpaired) electrons. The van der Waals surface area contributed by atoms with Crippen LogP contribution in [0.5, 0.6) is 0 Å². The van der Waals surface area contributed by atoms with Gasteiger partial charge in [0.15, 0.2) is 0 Å². The fraction of sp³-hybridized carbons (Fsp3) is 0.409. The van der Waals surface area contributed by atoms with E-state index in [2.05, 4.69) is 22.4 Å². The molecule has 3 aliphatic rings. The Morgan fingerprint density at radius 3 is 2.70 bits per heavy atom. The molecule has 1 N–H and O–H groups in total. The van der Waals surface area contributed by atoms with Gasteiger partial charge in [0, 0.05) is 43.9 Å². The lowest BCUT2D eigenvalue weighted by atomic mass is 9.90. The Balaban J connectivity index is 1.18. The van der Waals surface area contributed by atoms with Gasteiger partial charge in [-0.3, -0.25) is 9.78 Å². The molecule has 1 aromatic heterocycles. The summed E-state index contributed by atoms with van der Waals surface area (Å²) in [5, 5.41) is 3.58. The fourth-order valence-electron chi connectivity index (χ4n) is 4.43. The van der Waals surface area contributed by atoms with Crippen molar-refractivity contribution in [2.75, 3.05) is 32.8 Å². The van der Waals surface area contributed by atoms with E-state index in [1.165, 1.54) is 5.56 Å². The minimum absolute atomic E-state index is 0.0158. The Bertz CT molecular complexity index is 961. The maximum atomic E-state index is 12.9. The number of piperidine rings is 1. The molecule has 2 atom stereocenters. The number of hydrogen-bond donors (Lipinski definition) is 1. The lowest BCUT2D eigenvalue weighted by Gasteiger charge is -2.46. The van der Waals surface area contributed by atoms with Crippen molar-refractivity contribution in [1.29, 1.82) is 0 Å². The van der Waals surface area contributed by atoms with Crippen molar-refractivity contribution in [3.05, 3.63) is 53.2 Å². The summed E-state index contributed by atoms with van der Waals surface area (Å²) in [5.41, 5.74) is 2.97. The van der Waals surface area contributed by atoms with E-state index in [0.29, 0.717) is 37.1 Å². The highest BCUT2D eigenvalue weighted by Gasteiger charge is 2.40. The molecule has 0 aliphatic carbocycles. The Morgan fingerprint density at radius 2 is 1.93 bits per heavy atom. The predicted molar refractivity (Wildman–Crippen MR) is 112 cm³/mol. The zero-order chi connectivity index (χ0) is 20.7. The van der Waals surface area contributed by atoms with E-state index in [1.807, 2.05) is 34.1 Å². The van der Waals surface area contributed by atoms with E-state index in [1.54, 1.807) is 6.20 Å². The van der Waals surface area contributed by atoms with Crippen LogP contribution in [-0.4, -0.2) is 71.7 Å². The van der Waals surface area contributed by atoms with Gasteiger partial charge < -0.3 is 19.9 Å². The first kappa shape index (κ1) is 19.3. The molecule has 156 valence electrons. The first-order chi connectivity index (χ1) is 14.6. The number of morpholine rings is 1. The van der Waals surface area contributed by atoms with E-state index in [9.17, 15) is 9.59 Å². The predicted octanol–water partition coefficient (Wildman–Crippen LogP) is 2.51. The highest BCUT2D eigenvalue weighted by molar-refractivity contribution is 6.33. The summed E-state index contributed by atoms with van der Waals surface area (Å²) in [6.07, 6.45) is 2.51. The van der Waals surface area contributed by atoms with Gasteiger partial charge in [0.05, 0.1) is 22.9 Å². The molecule has 1 unspecified atom stereocenters. The second kappa shape index (κ2) is 7.89. The SMILES string of the molecule is O=C1CO[C@H]2CCN(C(=O)N3CC(c4ccc(-c5ncccc5Cl)cc4)C3)CC2N1. The number of carbonyl (C=O) groups is 2. The number of ether oxygens (including phenoxy) is 1. The minimum atomic E-state index is -0.106. The van der Waals surface area contributed by atoms with Crippen LogP contribution >= 0.6 is 11.6 Å². The van der Waals surface area contributed by atoms with Gasteiger partial charge in [-0.1, -0.05) is 35.9 Å². The number of benzene rings is 1. The van der Waals surface area contributed by atoms with Gasteiger partial charge in [-0.25, -0.2) is 4.79 Å². The summed E-state index contributed by atoms with van der Waals surface area (Å²) in [6, 6.07) is 11.8. The molecule has 3 fully saturated rings. The van der Waals surface area contributed by atoms with Crippen LogP contribution in [0, 0.1) is 0 Å². The molecule has 7 nitrogen and oxygen atoms in total. The number of urea groups is 1. The number of carbonyl (C=O) groups excluding carboxylic acids is 2. The number of fused-ring (bicyclic) bond motifs is 1. The number of nitrogens with one attached hydrogen (secondary N) is 1. The molecular formula is C22H23ClN4O3. The monoisotopic (exact) mass is 426 g/mol. The Hall–Kier alpha value is -2.64. The fourth-order valence-corrected chi connectivity index (χ4v) is 4.66. The molecular weight excluding hydrogens is 404 g/mol. The topological polar surface area (TPSA) is 74.8 Å². The van der Waals surface area contributed by atoms with Crippen molar-refractivity contribution in [3.8, 4) is 11.3 Å². The van der Waals surface area contributed by atoms with E-state index in [4.69, 9.17) is 16.3 Å². The number of pyridine rings is 1. The van der Waals surface area contributed by atoms with Gasteiger partial charge >= 0.3 is 6.03 Å². The number of nitrogens with zero attached hydrogens (tertiary/aromatic N) is 3. The molecule has 3 amide bonds. The van der Waals surface area contributed by atoms with Crippen LogP contribution in [-0.2, 0) is 9.53 Å². The lowest BCUT2D eigenvalue weighted by Crippen LogP contribution is -2.63. The van der Waals surface area contributed by atoms with Crippen LogP contribution in [0.25, 0.3) is 11.3 Å². The summed E-state index contributed by atoms with van der Waals surface area (Å²) in [4.78, 5) is 32.5. The van der Waals surface area contributed by atoms with Gasteiger partial charge in [-0.05, 0) is 24.1 Å². The van der Waals surface area contributed by atoms with Gasteiger partial charge in [0.25, 0.3) is 0 Å². The molecule has 0 bridgehead atoms. The Morgan fingerprint density at radius 1 is 1.13 bits per heavy atom. The summed E-state index contributed by atoms with van der Waals surface area (Å²) in [7, 11) is 0. The number of likely N-dealkylation sites (tertiary alicyclic amines) is 2. The van der Waals surface area contributed by atoms with Crippen molar-refractivity contribution >= 4 is 23.5 Å². The van der Waals surface area contributed by atoms with Crippen molar-refractivity contribution < 1.29 is 14.3 Å². The summed E-state index contributed by atoms with van der Waals surface area (Å²) < 4.78 is 5.57.